The third kappa shape index (κ3) is 2.16. The lowest BCUT2D eigenvalue weighted by Crippen LogP contribution is -2.43. The van der Waals surface area contributed by atoms with E-state index in [9.17, 15) is 9.59 Å². The standard InChI is InChI=1S/C16H14N2O2/c19-15-11-12-17(14-9-5-2-6-10-14)18(15)16(20)13-7-3-1-4-8-13/h1-10H,11-12H2. The Hall–Kier alpha value is -2.62. The summed E-state index contributed by atoms with van der Waals surface area (Å²) in [5.41, 5.74) is 1.37. The molecule has 0 spiro atoms. The fraction of sp³-hybridized carbons (Fsp3) is 0.125. The normalized spacial score (nSPS) is 14.7. The van der Waals surface area contributed by atoms with Gasteiger partial charge in [-0.25, -0.2) is 0 Å². The van der Waals surface area contributed by atoms with E-state index in [0.717, 1.165) is 5.69 Å². The average Bonchev–Trinajstić information content (AvgIpc) is 2.90. The van der Waals surface area contributed by atoms with Gasteiger partial charge in [0.25, 0.3) is 5.91 Å². The first-order chi connectivity index (χ1) is 9.77. The topological polar surface area (TPSA) is 40.6 Å². The number of anilines is 1. The van der Waals surface area contributed by atoms with E-state index < -0.39 is 0 Å². The number of amides is 2. The number of rotatable bonds is 2. The lowest BCUT2D eigenvalue weighted by atomic mass is 10.2. The van der Waals surface area contributed by atoms with Crippen molar-refractivity contribution in [3.05, 3.63) is 66.2 Å². The van der Waals surface area contributed by atoms with Gasteiger partial charge >= 0.3 is 0 Å². The van der Waals surface area contributed by atoms with Gasteiger partial charge in [-0.2, -0.15) is 5.01 Å². The summed E-state index contributed by atoms with van der Waals surface area (Å²) < 4.78 is 0. The second-order valence-corrected chi connectivity index (χ2v) is 4.59. The van der Waals surface area contributed by atoms with Crippen molar-refractivity contribution in [2.75, 3.05) is 11.6 Å². The Labute approximate surface area is 117 Å². The third-order valence-electron chi connectivity index (χ3n) is 3.28. The Bertz CT molecular complexity index is 625. The Morgan fingerprint density at radius 1 is 0.900 bits per heavy atom. The maximum Gasteiger partial charge on any atom is 0.279 e. The highest BCUT2D eigenvalue weighted by Gasteiger charge is 2.34. The van der Waals surface area contributed by atoms with E-state index in [0.29, 0.717) is 18.5 Å². The number of nitrogens with zero attached hydrogens (tertiary/aromatic N) is 2. The monoisotopic (exact) mass is 266 g/mol. The molecule has 2 aromatic rings. The molecule has 1 fully saturated rings. The van der Waals surface area contributed by atoms with E-state index in [1.807, 2.05) is 36.4 Å². The highest BCUT2D eigenvalue weighted by Crippen LogP contribution is 2.23. The van der Waals surface area contributed by atoms with Gasteiger partial charge in [-0.1, -0.05) is 36.4 Å². The number of benzene rings is 2. The summed E-state index contributed by atoms with van der Waals surface area (Å²) in [5.74, 6) is -0.445. The van der Waals surface area contributed by atoms with Crippen LogP contribution >= 0.6 is 0 Å². The SMILES string of the molecule is O=C1CCN(c2ccccc2)N1C(=O)c1ccccc1. The molecule has 2 aromatic carbocycles. The second kappa shape index (κ2) is 5.17. The van der Waals surface area contributed by atoms with Gasteiger partial charge in [0, 0.05) is 18.5 Å². The van der Waals surface area contributed by atoms with Crippen LogP contribution in [0.15, 0.2) is 60.7 Å². The summed E-state index contributed by atoms with van der Waals surface area (Å²) in [7, 11) is 0. The van der Waals surface area contributed by atoms with Crippen molar-refractivity contribution >= 4 is 17.5 Å². The zero-order valence-corrected chi connectivity index (χ0v) is 10.9. The summed E-state index contributed by atoms with van der Waals surface area (Å²) in [4.78, 5) is 24.5. The molecule has 3 rings (SSSR count). The Morgan fingerprint density at radius 3 is 2.15 bits per heavy atom. The second-order valence-electron chi connectivity index (χ2n) is 4.59. The minimum absolute atomic E-state index is 0.164. The average molecular weight is 266 g/mol. The first-order valence-electron chi connectivity index (χ1n) is 6.52. The molecule has 4 heteroatoms. The number of carbonyl (C=O) groups excluding carboxylic acids is 2. The zero-order chi connectivity index (χ0) is 13.9. The summed E-state index contributed by atoms with van der Waals surface area (Å²) in [6, 6.07) is 18.3. The molecule has 0 unspecified atom stereocenters. The third-order valence-corrected chi connectivity index (χ3v) is 3.28. The summed E-state index contributed by atoms with van der Waals surface area (Å²) >= 11 is 0. The van der Waals surface area contributed by atoms with Crippen LogP contribution in [0.1, 0.15) is 16.8 Å². The molecule has 1 aliphatic heterocycles. The summed E-state index contributed by atoms with van der Waals surface area (Å²) in [5, 5.41) is 2.97. The molecule has 4 nitrogen and oxygen atoms in total. The van der Waals surface area contributed by atoms with E-state index in [1.54, 1.807) is 29.3 Å². The minimum atomic E-state index is -0.281. The van der Waals surface area contributed by atoms with Gasteiger partial charge in [0.1, 0.15) is 0 Å². The van der Waals surface area contributed by atoms with Crippen molar-refractivity contribution in [2.24, 2.45) is 0 Å². The molecule has 2 amide bonds. The number of carbonyl (C=O) groups is 2. The number of para-hydroxylation sites is 1. The van der Waals surface area contributed by atoms with Crippen molar-refractivity contribution in [1.29, 1.82) is 0 Å². The van der Waals surface area contributed by atoms with Crippen LogP contribution in [0.5, 0.6) is 0 Å². The van der Waals surface area contributed by atoms with Gasteiger partial charge in [-0.05, 0) is 24.3 Å². The highest BCUT2D eigenvalue weighted by molar-refractivity contribution is 6.07. The molecule has 0 saturated carbocycles. The maximum absolute atomic E-state index is 12.5. The maximum atomic E-state index is 12.5. The molecule has 1 heterocycles. The quantitative estimate of drug-likeness (QED) is 0.784. The lowest BCUT2D eigenvalue weighted by Gasteiger charge is -2.27. The molecule has 0 atom stereocenters. The van der Waals surface area contributed by atoms with Gasteiger partial charge < -0.3 is 0 Å². The molecular formula is C16H14N2O2. The van der Waals surface area contributed by atoms with Gasteiger partial charge in [-0.15, -0.1) is 0 Å². The molecule has 0 bridgehead atoms. The Morgan fingerprint density at radius 2 is 1.50 bits per heavy atom. The van der Waals surface area contributed by atoms with E-state index >= 15 is 0 Å². The zero-order valence-electron chi connectivity index (χ0n) is 10.9. The molecule has 20 heavy (non-hydrogen) atoms. The summed E-state index contributed by atoms with van der Waals surface area (Å²) in [6.45, 7) is 0.529. The van der Waals surface area contributed by atoms with E-state index in [-0.39, 0.29) is 11.8 Å². The van der Waals surface area contributed by atoms with Crippen LogP contribution in [0, 0.1) is 0 Å². The minimum Gasteiger partial charge on any atom is -0.275 e. The van der Waals surface area contributed by atoms with Gasteiger partial charge in [-0.3, -0.25) is 14.6 Å². The van der Waals surface area contributed by atoms with Crippen molar-refractivity contribution in [2.45, 2.75) is 6.42 Å². The number of hydrazine groups is 1. The first-order valence-corrected chi connectivity index (χ1v) is 6.52. The van der Waals surface area contributed by atoms with Gasteiger partial charge in [0.2, 0.25) is 5.91 Å². The van der Waals surface area contributed by atoms with Gasteiger partial charge in [0.05, 0.1) is 5.69 Å². The molecular weight excluding hydrogens is 252 g/mol. The predicted octanol–water partition coefficient (Wildman–Crippen LogP) is 2.48. The van der Waals surface area contributed by atoms with Crippen LogP contribution in [-0.4, -0.2) is 23.4 Å². The smallest absolute Gasteiger partial charge is 0.275 e. The lowest BCUT2D eigenvalue weighted by molar-refractivity contribution is -0.125. The fourth-order valence-electron chi connectivity index (χ4n) is 2.31. The van der Waals surface area contributed by atoms with Crippen molar-refractivity contribution in [3.63, 3.8) is 0 Å². The number of imide groups is 1. The number of hydrogen-bond acceptors (Lipinski definition) is 3. The molecule has 0 N–H and O–H groups in total. The first kappa shape index (κ1) is 12.4. The summed E-state index contributed by atoms with van der Waals surface area (Å²) in [6.07, 6.45) is 0.355. The van der Waals surface area contributed by atoms with Crippen LogP contribution in [0.2, 0.25) is 0 Å². The van der Waals surface area contributed by atoms with Crippen molar-refractivity contribution in [1.82, 2.24) is 5.01 Å². The van der Waals surface area contributed by atoms with Crippen LogP contribution in [0.3, 0.4) is 0 Å². The molecule has 1 aliphatic rings. The molecule has 0 aliphatic carbocycles. The van der Waals surface area contributed by atoms with E-state index in [1.165, 1.54) is 5.01 Å². The van der Waals surface area contributed by atoms with Crippen LogP contribution in [0.4, 0.5) is 5.69 Å². The van der Waals surface area contributed by atoms with Crippen molar-refractivity contribution in [3.8, 4) is 0 Å². The fourth-order valence-corrected chi connectivity index (χ4v) is 2.31. The Balaban J connectivity index is 1.94. The largest absolute Gasteiger partial charge is 0.279 e. The predicted molar refractivity (Wildman–Crippen MR) is 76.0 cm³/mol. The molecule has 0 aromatic heterocycles. The van der Waals surface area contributed by atoms with Crippen LogP contribution < -0.4 is 5.01 Å². The van der Waals surface area contributed by atoms with E-state index in [4.69, 9.17) is 0 Å². The van der Waals surface area contributed by atoms with Crippen molar-refractivity contribution < 1.29 is 9.59 Å². The Kier molecular flexibility index (Phi) is 3.21. The highest BCUT2D eigenvalue weighted by atomic mass is 16.2. The number of hydrogen-bond donors (Lipinski definition) is 0. The van der Waals surface area contributed by atoms with E-state index in [2.05, 4.69) is 0 Å². The van der Waals surface area contributed by atoms with Crippen LogP contribution in [0.25, 0.3) is 0 Å². The van der Waals surface area contributed by atoms with Crippen LogP contribution in [-0.2, 0) is 4.79 Å². The molecule has 1 saturated heterocycles. The van der Waals surface area contributed by atoms with Gasteiger partial charge in [0.15, 0.2) is 0 Å². The molecule has 100 valence electrons. The molecule has 0 radical (unpaired) electrons.